The Morgan fingerprint density at radius 1 is 1.50 bits per heavy atom. The molecule has 72 valence electrons. The van der Waals surface area contributed by atoms with Gasteiger partial charge in [-0.1, -0.05) is 0 Å². The molecule has 0 fully saturated rings. The Balaban J connectivity index is 3.80. The van der Waals surface area contributed by atoms with Gasteiger partial charge >= 0.3 is 0 Å². The van der Waals surface area contributed by atoms with Crippen LogP contribution in [0.4, 0.5) is 0 Å². The highest BCUT2D eigenvalue weighted by Gasteiger charge is 2.10. The van der Waals surface area contributed by atoms with E-state index < -0.39 is 0 Å². The molecule has 0 aliphatic rings. The molecule has 0 aromatic heterocycles. The molecule has 0 heterocycles. The molecule has 0 amide bonds. The van der Waals surface area contributed by atoms with Crippen LogP contribution in [0.5, 0.6) is 0 Å². The van der Waals surface area contributed by atoms with Gasteiger partial charge in [0.25, 0.3) is 0 Å². The highest BCUT2D eigenvalue weighted by molar-refractivity contribution is 7.80. The largest absolute Gasteiger partial charge is 0.366 e. The summed E-state index contributed by atoms with van der Waals surface area (Å²) in [5.41, 5.74) is 0. The fourth-order valence-corrected chi connectivity index (χ4v) is 0.817. The highest BCUT2D eigenvalue weighted by Crippen LogP contribution is 1.94. The van der Waals surface area contributed by atoms with Crippen molar-refractivity contribution < 1.29 is 9.47 Å². The lowest BCUT2D eigenvalue weighted by Crippen LogP contribution is -2.40. The Morgan fingerprint density at radius 2 is 2.00 bits per heavy atom. The van der Waals surface area contributed by atoms with E-state index in [-0.39, 0.29) is 6.29 Å². The van der Waals surface area contributed by atoms with E-state index in [4.69, 9.17) is 21.7 Å². The van der Waals surface area contributed by atoms with Gasteiger partial charge in [0.15, 0.2) is 11.4 Å². The van der Waals surface area contributed by atoms with Gasteiger partial charge in [0.05, 0.1) is 6.54 Å². The lowest BCUT2D eigenvalue weighted by molar-refractivity contribution is -0.107. The Kier molecular flexibility index (Phi) is 5.96. The van der Waals surface area contributed by atoms with Crippen LogP contribution in [0.25, 0.3) is 0 Å². The number of methoxy groups -OCH3 is 2. The number of hydrogen-bond donors (Lipinski definition) is 1. The molecule has 0 spiro atoms. The molecule has 12 heavy (non-hydrogen) atoms. The molecule has 4 nitrogen and oxygen atoms in total. The average Bonchev–Trinajstić information content (AvgIpc) is 2.12. The van der Waals surface area contributed by atoms with Gasteiger partial charge in [-0.15, -0.1) is 0 Å². The SMILES string of the molecule is CNC(=S)N(C)CC(OC)OC. The molecule has 0 atom stereocenters. The summed E-state index contributed by atoms with van der Waals surface area (Å²) in [6.45, 7) is 0.618. The standard InChI is InChI=1S/C7H16N2O2S/c1-8-7(12)9(2)5-6(10-3)11-4/h6H,5H2,1-4H3,(H,8,12). The van der Waals surface area contributed by atoms with Crippen molar-refractivity contribution in [2.75, 3.05) is 34.9 Å². The molecule has 0 aliphatic carbocycles. The van der Waals surface area contributed by atoms with E-state index in [1.807, 2.05) is 11.9 Å². The second kappa shape index (κ2) is 6.16. The average molecular weight is 192 g/mol. The van der Waals surface area contributed by atoms with Gasteiger partial charge in [0, 0.05) is 28.3 Å². The zero-order valence-corrected chi connectivity index (χ0v) is 8.77. The maximum atomic E-state index is 5.01. The van der Waals surface area contributed by atoms with Crippen molar-refractivity contribution >= 4 is 17.3 Å². The van der Waals surface area contributed by atoms with E-state index in [2.05, 4.69) is 5.32 Å². The number of nitrogens with one attached hydrogen (secondary N) is 1. The molecule has 1 N–H and O–H groups in total. The summed E-state index contributed by atoms with van der Waals surface area (Å²) in [5.74, 6) is 0. The predicted octanol–water partition coefficient (Wildman–Crippen LogP) is 0.0414. The summed E-state index contributed by atoms with van der Waals surface area (Å²) in [6.07, 6.45) is -0.235. The van der Waals surface area contributed by atoms with E-state index in [1.165, 1.54) is 0 Å². The van der Waals surface area contributed by atoms with Crippen molar-refractivity contribution in [3.8, 4) is 0 Å². The molecule has 0 aromatic carbocycles. The van der Waals surface area contributed by atoms with Crippen LogP contribution >= 0.6 is 12.2 Å². The smallest absolute Gasteiger partial charge is 0.174 e. The van der Waals surface area contributed by atoms with Crippen LogP contribution < -0.4 is 5.32 Å². The van der Waals surface area contributed by atoms with Crippen molar-refractivity contribution in [1.82, 2.24) is 10.2 Å². The van der Waals surface area contributed by atoms with Gasteiger partial charge in [-0.2, -0.15) is 0 Å². The number of thiocarbonyl (C=S) groups is 1. The van der Waals surface area contributed by atoms with Gasteiger partial charge in [-0.05, 0) is 12.2 Å². The number of hydrogen-bond acceptors (Lipinski definition) is 3. The molecular formula is C7H16N2O2S. The molecule has 0 radical (unpaired) electrons. The van der Waals surface area contributed by atoms with Crippen LogP contribution in [-0.4, -0.2) is 51.2 Å². The molecule has 0 saturated carbocycles. The summed E-state index contributed by atoms with van der Waals surface area (Å²) in [4.78, 5) is 1.85. The van der Waals surface area contributed by atoms with Gasteiger partial charge in [-0.25, -0.2) is 0 Å². The van der Waals surface area contributed by atoms with Crippen molar-refractivity contribution in [3.05, 3.63) is 0 Å². The first-order chi connectivity index (χ1) is 5.65. The van der Waals surface area contributed by atoms with E-state index >= 15 is 0 Å². The Hall–Kier alpha value is -0.390. The van der Waals surface area contributed by atoms with Crippen LogP contribution in [-0.2, 0) is 9.47 Å². The quantitative estimate of drug-likeness (QED) is 0.502. The second-order valence-electron chi connectivity index (χ2n) is 2.34. The highest BCUT2D eigenvalue weighted by atomic mass is 32.1. The summed E-state index contributed by atoms with van der Waals surface area (Å²) in [7, 11) is 6.87. The van der Waals surface area contributed by atoms with Gasteiger partial charge in [0.1, 0.15) is 0 Å². The molecule has 0 saturated heterocycles. The number of rotatable bonds is 4. The monoisotopic (exact) mass is 192 g/mol. The lowest BCUT2D eigenvalue weighted by atomic mass is 10.5. The first kappa shape index (κ1) is 11.6. The van der Waals surface area contributed by atoms with Crippen LogP contribution in [0.15, 0.2) is 0 Å². The van der Waals surface area contributed by atoms with Crippen molar-refractivity contribution in [3.63, 3.8) is 0 Å². The first-order valence-electron chi connectivity index (χ1n) is 3.64. The molecule has 5 heteroatoms. The molecular weight excluding hydrogens is 176 g/mol. The van der Waals surface area contributed by atoms with Gasteiger partial charge in [0.2, 0.25) is 0 Å². The molecule has 0 bridgehead atoms. The van der Waals surface area contributed by atoms with E-state index in [0.29, 0.717) is 11.7 Å². The third kappa shape index (κ3) is 3.85. The van der Waals surface area contributed by atoms with Crippen LogP contribution in [0.2, 0.25) is 0 Å². The summed E-state index contributed by atoms with van der Waals surface area (Å²) >= 11 is 5.00. The molecule has 0 aromatic rings. The van der Waals surface area contributed by atoms with Crippen molar-refractivity contribution in [1.29, 1.82) is 0 Å². The third-order valence-corrected chi connectivity index (χ3v) is 2.03. The Labute approximate surface area is 78.8 Å². The Bertz CT molecular complexity index is 139. The van der Waals surface area contributed by atoms with Crippen molar-refractivity contribution in [2.45, 2.75) is 6.29 Å². The van der Waals surface area contributed by atoms with Crippen LogP contribution in [0, 0.1) is 0 Å². The van der Waals surface area contributed by atoms with E-state index in [1.54, 1.807) is 21.3 Å². The van der Waals surface area contributed by atoms with E-state index in [0.717, 1.165) is 0 Å². The minimum atomic E-state index is -0.235. The van der Waals surface area contributed by atoms with E-state index in [9.17, 15) is 0 Å². The third-order valence-electron chi connectivity index (χ3n) is 1.51. The number of likely N-dealkylation sites (N-methyl/N-ethyl adjacent to an activating group) is 1. The summed E-state index contributed by atoms with van der Waals surface area (Å²) in [5, 5.41) is 3.54. The van der Waals surface area contributed by atoms with Crippen LogP contribution in [0.3, 0.4) is 0 Å². The normalized spacial score (nSPS) is 10.1. The van der Waals surface area contributed by atoms with Crippen molar-refractivity contribution in [2.24, 2.45) is 0 Å². The minimum absolute atomic E-state index is 0.235. The van der Waals surface area contributed by atoms with Gasteiger partial charge < -0.3 is 19.7 Å². The minimum Gasteiger partial charge on any atom is -0.366 e. The zero-order chi connectivity index (χ0) is 9.56. The van der Waals surface area contributed by atoms with Crippen LogP contribution in [0.1, 0.15) is 0 Å². The molecule has 0 aliphatic heterocycles. The fraction of sp³-hybridized carbons (Fsp3) is 0.857. The zero-order valence-electron chi connectivity index (χ0n) is 7.96. The second-order valence-corrected chi connectivity index (χ2v) is 2.72. The number of ether oxygens (including phenoxy) is 2. The molecule has 0 rings (SSSR count). The van der Waals surface area contributed by atoms with Gasteiger partial charge in [-0.3, -0.25) is 0 Å². The maximum Gasteiger partial charge on any atom is 0.174 e. The predicted molar refractivity (Wildman–Crippen MR) is 52.1 cm³/mol. The number of nitrogens with zero attached hydrogens (tertiary/aromatic N) is 1. The summed E-state index contributed by atoms with van der Waals surface area (Å²) in [6, 6.07) is 0. The fourth-order valence-electron chi connectivity index (χ4n) is 0.743. The first-order valence-corrected chi connectivity index (χ1v) is 4.05. The Morgan fingerprint density at radius 3 is 2.33 bits per heavy atom. The lowest BCUT2D eigenvalue weighted by Gasteiger charge is -2.23. The topological polar surface area (TPSA) is 33.7 Å². The molecule has 0 unspecified atom stereocenters. The summed E-state index contributed by atoms with van der Waals surface area (Å²) < 4.78 is 10.0. The maximum absolute atomic E-state index is 5.01.